The van der Waals surface area contributed by atoms with E-state index in [0.29, 0.717) is 6.04 Å². The summed E-state index contributed by atoms with van der Waals surface area (Å²) in [6.45, 7) is 5.49. The molecular formula is C15H22N4. The molecule has 3 rings (SSSR count). The van der Waals surface area contributed by atoms with E-state index in [2.05, 4.69) is 44.7 Å². The van der Waals surface area contributed by atoms with Crippen LogP contribution in [-0.2, 0) is 0 Å². The molecular weight excluding hydrogens is 236 g/mol. The summed E-state index contributed by atoms with van der Waals surface area (Å²) in [5, 5.41) is 3.63. The van der Waals surface area contributed by atoms with Crippen LogP contribution in [0.1, 0.15) is 26.2 Å². The molecule has 1 N–H and O–H groups in total. The number of hydrogen-bond acceptors (Lipinski definition) is 3. The van der Waals surface area contributed by atoms with E-state index >= 15 is 0 Å². The second-order valence-corrected chi connectivity index (χ2v) is 5.22. The van der Waals surface area contributed by atoms with Gasteiger partial charge >= 0.3 is 0 Å². The van der Waals surface area contributed by atoms with Gasteiger partial charge in [-0.3, -0.25) is 4.40 Å². The average molecular weight is 258 g/mol. The van der Waals surface area contributed by atoms with Crippen molar-refractivity contribution in [3.8, 4) is 0 Å². The van der Waals surface area contributed by atoms with Crippen LogP contribution in [0.5, 0.6) is 0 Å². The number of aromatic nitrogens is 2. The van der Waals surface area contributed by atoms with Gasteiger partial charge < -0.3 is 10.2 Å². The second-order valence-electron chi connectivity index (χ2n) is 5.22. The third kappa shape index (κ3) is 2.59. The van der Waals surface area contributed by atoms with Crippen LogP contribution in [-0.4, -0.2) is 35.1 Å². The molecule has 4 heteroatoms. The molecule has 0 bridgehead atoms. The van der Waals surface area contributed by atoms with E-state index < -0.39 is 0 Å². The molecule has 0 amide bonds. The van der Waals surface area contributed by atoms with Crippen LogP contribution in [0.4, 0.5) is 5.82 Å². The Kier molecular flexibility index (Phi) is 3.69. The summed E-state index contributed by atoms with van der Waals surface area (Å²) in [5.74, 6) is 1.24. The van der Waals surface area contributed by atoms with Gasteiger partial charge in [0.1, 0.15) is 11.5 Å². The van der Waals surface area contributed by atoms with Gasteiger partial charge in [0.2, 0.25) is 0 Å². The fourth-order valence-corrected chi connectivity index (χ4v) is 2.92. The Morgan fingerprint density at radius 3 is 3.16 bits per heavy atom. The highest BCUT2D eigenvalue weighted by Crippen LogP contribution is 2.18. The predicted molar refractivity (Wildman–Crippen MR) is 78.7 cm³/mol. The minimum atomic E-state index is 0.618. The predicted octanol–water partition coefficient (Wildman–Crippen LogP) is 2.30. The molecule has 0 spiro atoms. The molecule has 0 aromatic carbocycles. The molecule has 0 saturated carbocycles. The van der Waals surface area contributed by atoms with Gasteiger partial charge in [-0.25, -0.2) is 4.98 Å². The van der Waals surface area contributed by atoms with Gasteiger partial charge in [-0.1, -0.05) is 12.5 Å². The molecule has 1 atom stereocenters. The van der Waals surface area contributed by atoms with Crippen molar-refractivity contribution in [1.29, 1.82) is 0 Å². The van der Waals surface area contributed by atoms with Gasteiger partial charge in [0.25, 0.3) is 0 Å². The minimum Gasteiger partial charge on any atom is -0.356 e. The van der Waals surface area contributed by atoms with Crippen molar-refractivity contribution >= 4 is 11.5 Å². The molecule has 1 unspecified atom stereocenters. The second kappa shape index (κ2) is 5.61. The van der Waals surface area contributed by atoms with Crippen molar-refractivity contribution in [3.63, 3.8) is 0 Å². The van der Waals surface area contributed by atoms with E-state index in [4.69, 9.17) is 0 Å². The summed E-state index contributed by atoms with van der Waals surface area (Å²) in [6.07, 6.45) is 7.87. The molecule has 1 saturated heterocycles. The first-order valence-electron chi connectivity index (χ1n) is 7.29. The van der Waals surface area contributed by atoms with E-state index in [0.717, 1.165) is 25.3 Å². The quantitative estimate of drug-likeness (QED) is 0.913. The summed E-state index contributed by atoms with van der Waals surface area (Å²) < 4.78 is 2.17. The first-order valence-corrected chi connectivity index (χ1v) is 7.29. The topological polar surface area (TPSA) is 32.6 Å². The van der Waals surface area contributed by atoms with Gasteiger partial charge in [-0.2, -0.15) is 0 Å². The Bertz CT molecular complexity index is 528. The smallest absolute Gasteiger partial charge is 0.138 e. The van der Waals surface area contributed by atoms with Crippen LogP contribution < -0.4 is 10.2 Å². The third-order valence-electron chi connectivity index (χ3n) is 3.97. The number of anilines is 1. The van der Waals surface area contributed by atoms with Gasteiger partial charge in [0, 0.05) is 31.5 Å². The van der Waals surface area contributed by atoms with Crippen LogP contribution in [0, 0.1) is 0 Å². The highest BCUT2D eigenvalue weighted by molar-refractivity contribution is 5.51. The molecule has 1 fully saturated rings. The van der Waals surface area contributed by atoms with Gasteiger partial charge in [0.05, 0.1) is 0 Å². The number of nitrogens with one attached hydrogen (secondary N) is 1. The van der Waals surface area contributed by atoms with E-state index in [1.54, 1.807) is 0 Å². The van der Waals surface area contributed by atoms with Gasteiger partial charge in [-0.15, -0.1) is 0 Å². The fourth-order valence-electron chi connectivity index (χ4n) is 2.92. The molecule has 0 aliphatic carbocycles. The highest BCUT2D eigenvalue weighted by Gasteiger charge is 2.17. The van der Waals surface area contributed by atoms with Gasteiger partial charge in [0.15, 0.2) is 0 Å². The van der Waals surface area contributed by atoms with E-state index in [1.165, 1.54) is 25.1 Å². The number of imidazole rings is 1. The van der Waals surface area contributed by atoms with E-state index in [1.807, 2.05) is 12.4 Å². The normalized spacial score (nSPS) is 19.7. The van der Waals surface area contributed by atoms with Crippen molar-refractivity contribution in [2.75, 3.05) is 24.5 Å². The lowest BCUT2D eigenvalue weighted by atomic mass is 10.0. The number of nitrogens with zero attached hydrogens (tertiary/aromatic N) is 3. The monoisotopic (exact) mass is 258 g/mol. The molecule has 2 aromatic rings. The summed E-state index contributed by atoms with van der Waals surface area (Å²) in [6, 6.07) is 6.94. The minimum absolute atomic E-state index is 0.618. The number of likely N-dealkylation sites (N-methyl/N-ethyl adjacent to an activating group) is 1. The zero-order valence-electron chi connectivity index (χ0n) is 11.5. The average Bonchev–Trinajstić information content (AvgIpc) is 2.94. The number of fused-ring (bicyclic) bond motifs is 1. The van der Waals surface area contributed by atoms with Crippen LogP contribution in [0.15, 0.2) is 30.6 Å². The number of hydrogen-bond donors (Lipinski definition) is 1. The Balaban J connectivity index is 1.82. The number of pyridine rings is 1. The lowest BCUT2D eigenvalue weighted by Gasteiger charge is -2.31. The van der Waals surface area contributed by atoms with Crippen molar-refractivity contribution < 1.29 is 0 Å². The van der Waals surface area contributed by atoms with Crippen molar-refractivity contribution in [1.82, 2.24) is 14.7 Å². The maximum Gasteiger partial charge on any atom is 0.138 e. The van der Waals surface area contributed by atoms with E-state index in [-0.39, 0.29) is 0 Å². The lowest BCUT2D eigenvalue weighted by Crippen LogP contribution is -2.44. The third-order valence-corrected chi connectivity index (χ3v) is 3.97. The maximum absolute atomic E-state index is 4.36. The molecule has 2 aromatic heterocycles. The highest BCUT2D eigenvalue weighted by atomic mass is 15.2. The Labute approximate surface area is 114 Å². The fraction of sp³-hybridized carbons (Fsp3) is 0.533. The lowest BCUT2D eigenvalue weighted by molar-refractivity contribution is 0.399. The maximum atomic E-state index is 4.36. The van der Waals surface area contributed by atoms with Crippen LogP contribution >= 0.6 is 0 Å². The molecule has 19 heavy (non-hydrogen) atoms. The zero-order valence-corrected chi connectivity index (χ0v) is 11.5. The van der Waals surface area contributed by atoms with Crippen LogP contribution in [0.25, 0.3) is 5.65 Å². The Morgan fingerprint density at radius 2 is 2.37 bits per heavy atom. The Hall–Kier alpha value is -1.55. The standard InChI is InChI=1S/C15H22N4/c1-2-18(12-13-6-3-4-9-16-13)15-8-5-7-14-17-10-11-19(14)15/h5,7-8,10-11,13,16H,2-4,6,9,12H2,1H3. The molecule has 0 radical (unpaired) electrons. The van der Waals surface area contributed by atoms with Crippen LogP contribution in [0.3, 0.4) is 0 Å². The van der Waals surface area contributed by atoms with Crippen molar-refractivity contribution in [2.24, 2.45) is 0 Å². The number of rotatable bonds is 4. The van der Waals surface area contributed by atoms with Crippen molar-refractivity contribution in [2.45, 2.75) is 32.2 Å². The van der Waals surface area contributed by atoms with Crippen molar-refractivity contribution in [3.05, 3.63) is 30.6 Å². The molecule has 1 aliphatic heterocycles. The molecule has 1 aliphatic rings. The Morgan fingerprint density at radius 1 is 1.42 bits per heavy atom. The van der Waals surface area contributed by atoms with Gasteiger partial charge in [-0.05, 0) is 38.4 Å². The summed E-state index contributed by atoms with van der Waals surface area (Å²) >= 11 is 0. The first kappa shape index (κ1) is 12.5. The zero-order chi connectivity index (χ0) is 13.1. The summed E-state index contributed by atoms with van der Waals surface area (Å²) in [5.41, 5.74) is 1.02. The number of piperidine rings is 1. The SMILES string of the molecule is CCN(CC1CCCCN1)c1cccc2nccn12. The molecule has 4 nitrogen and oxygen atoms in total. The summed E-state index contributed by atoms with van der Waals surface area (Å²) in [4.78, 5) is 6.81. The van der Waals surface area contributed by atoms with E-state index in [9.17, 15) is 0 Å². The molecule has 3 heterocycles. The van der Waals surface area contributed by atoms with Crippen LogP contribution in [0.2, 0.25) is 0 Å². The first-order chi connectivity index (χ1) is 9.38. The largest absolute Gasteiger partial charge is 0.356 e. The summed E-state index contributed by atoms with van der Waals surface area (Å²) in [7, 11) is 0. The molecule has 102 valence electrons.